The zero-order valence-corrected chi connectivity index (χ0v) is 25.6. The first-order valence-electron chi connectivity index (χ1n) is 15.2. The van der Waals surface area contributed by atoms with Crippen LogP contribution in [0.25, 0.3) is 0 Å². The molecule has 2 amide bonds. The molecule has 2 unspecified atom stereocenters. The third-order valence-corrected chi connectivity index (χ3v) is 9.65. The van der Waals surface area contributed by atoms with Gasteiger partial charge in [-0.15, -0.1) is 0 Å². The zero-order chi connectivity index (χ0) is 32.4. The zero-order valence-electron chi connectivity index (χ0n) is 25.6. The molecule has 14 heteroatoms. The van der Waals surface area contributed by atoms with Crippen molar-refractivity contribution >= 4 is 23.5 Å². The number of ether oxygens (including phenoxy) is 2. The van der Waals surface area contributed by atoms with E-state index in [0.717, 1.165) is 50.9 Å². The molecule has 7 rings (SSSR count). The van der Waals surface area contributed by atoms with Crippen LogP contribution in [0.2, 0.25) is 0 Å². The molecule has 0 bridgehead atoms. The van der Waals surface area contributed by atoms with E-state index >= 15 is 0 Å². The highest BCUT2D eigenvalue weighted by atomic mass is 19.4. The number of aromatic nitrogens is 2. The Balaban J connectivity index is 1.12. The lowest BCUT2D eigenvalue weighted by molar-refractivity contribution is -0.139. The predicted molar refractivity (Wildman–Crippen MR) is 161 cm³/mol. The van der Waals surface area contributed by atoms with Crippen LogP contribution in [0.4, 0.5) is 24.8 Å². The first-order chi connectivity index (χ1) is 22.0. The molecule has 4 heterocycles. The average Bonchev–Trinajstić information content (AvgIpc) is 3.72. The number of nitrogens with zero attached hydrogens (tertiary/aromatic N) is 5. The van der Waals surface area contributed by atoms with Crippen molar-refractivity contribution in [1.82, 2.24) is 30.0 Å². The lowest BCUT2D eigenvalue weighted by Crippen LogP contribution is -2.50. The smallest absolute Gasteiger partial charge is 0.423 e. The number of rotatable bonds is 7. The third-order valence-electron chi connectivity index (χ3n) is 9.65. The molecule has 242 valence electrons. The lowest BCUT2D eigenvalue weighted by atomic mass is 10.0. The standard InChI is InChI=1S/C32H34F3N7O4/c1-40-13-14-42-12-9-19(16-25(40)42)37-27(43)18-7-8-22(24(15-18)45-3)38-30-36-17-21(32(33,34)35)28(39-30)46-23-6-4-5-20-26(23)29(44)41(2)31(20)10-11-31/h4-8,15,17,19,25H,9-14,16H2,1-3H3,(H,37,43)(H,36,38,39). The number of nitrogens with one attached hydrogen (secondary N) is 2. The summed E-state index contributed by atoms with van der Waals surface area (Å²) >= 11 is 0. The number of piperidine rings is 1. The van der Waals surface area contributed by atoms with Gasteiger partial charge in [0.25, 0.3) is 11.8 Å². The second-order valence-corrected chi connectivity index (χ2v) is 12.3. The van der Waals surface area contributed by atoms with Gasteiger partial charge in [0.05, 0.1) is 30.1 Å². The van der Waals surface area contributed by atoms with Gasteiger partial charge in [-0.1, -0.05) is 12.1 Å². The van der Waals surface area contributed by atoms with E-state index in [1.165, 1.54) is 13.2 Å². The number of hydrogen-bond acceptors (Lipinski definition) is 9. The monoisotopic (exact) mass is 637 g/mol. The number of benzene rings is 2. The number of fused-ring (bicyclic) bond motifs is 3. The Labute approximate surface area is 263 Å². The second-order valence-electron chi connectivity index (χ2n) is 12.3. The molecular formula is C32H34F3N7O4. The number of carbonyl (C=O) groups is 2. The summed E-state index contributed by atoms with van der Waals surface area (Å²) < 4.78 is 53.3. The Hall–Kier alpha value is -4.43. The lowest BCUT2D eigenvalue weighted by Gasteiger charge is -2.37. The highest BCUT2D eigenvalue weighted by Gasteiger charge is 2.57. The van der Waals surface area contributed by atoms with Crippen LogP contribution in [0.15, 0.2) is 42.6 Å². The van der Waals surface area contributed by atoms with E-state index in [9.17, 15) is 22.8 Å². The van der Waals surface area contributed by atoms with Gasteiger partial charge in [0.1, 0.15) is 17.1 Å². The predicted octanol–water partition coefficient (Wildman–Crippen LogP) is 4.58. The van der Waals surface area contributed by atoms with Crippen LogP contribution >= 0.6 is 0 Å². The first-order valence-corrected chi connectivity index (χ1v) is 15.2. The van der Waals surface area contributed by atoms with Crippen molar-refractivity contribution in [1.29, 1.82) is 0 Å². The maximum atomic E-state index is 14.0. The van der Waals surface area contributed by atoms with Crippen molar-refractivity contribution in [2.24, 2.45) is 0 Å². The molecule has 2 atom stereocenters. The van der Waals surface area contributed by atoms with Crippen LogP contribution in [-0.2, 0) is 11.7 Å². The first kappa shape index (κ1) is 30.2. The molecule has 2 N–H and O–H groups in total. The number of hydrogen-bond donors (Lipinski definition) is 2. The van der Waals surface area contributed by atoms with Crippen LogP contribution in [0.5, 0.6) is 17.4 Å². The van der Waals surface area contributed by atoms with Gasteiger partial charge in [0.15, 0.2) is 0 Å². The molecular weight excluding hydrogens is 603 g/mol. The summed E-state index contributed by atoms with van der Waals surface area (Å²) in [6, 6.07) is 9.70. The van der Waals surface area contributed by atoms with E-state index in [2.05, 4.69) is 37.4 Å². The van der Waals surface area contributed by atoms with Gasteiger partial charge >= 0.3 is 6.18 Å². The van der Waals surface area contributed by atoms with Gasteiger partial charge in [-0.05, 0) is 62.6 Å². The molecule has 2 aromatic carbocycles. The Bertz CT molecular complexity index is 1710. The fourth-order valence-electron chi connectivity index (χ4n) is 6.90. The summed E-state index contributed by atoms with van der Waals surface area (Å²) in [6.07, 6.45) is -0.614. The Morgan fingerprint density at radius 3 is 2.63 bits per heavy atom. The SMILES string of the molecule is COc1cc(C(=O)NC2CCN3CCN(C)C3C2)ccc1Nc1ncc(C(F)(F)F)c(Oc2cccc3c2C(=O)N(C)C32CC2)n1. The summed E-state index contributed by atoms with van der Waals surface area (Å²) in [5.41, 5.74) is 0.0654. The fraction of sp³-hybridized carbons (Fsp3) is 0.438. The van der Waals surface area contributed by atoms with Crippen LogP contribution in [0.1, 0.15) is 57.5 Å². The van der Waals surface area contributed by atoms with Gasteiger partial charge in [-0.2, -0.15) is 18.2 Å². The number of likely N-dealkylation sites (N-methyl/N-ethyl adjacent to an activating group) is 1. The van der Waals surface area contributed by atoms with Gasteiger partial charge in [0, 0.05) is 44.5 Å². The van der Waals surface area contributed by atoms with Crippen LogP contribution in [0.3, 0.4) is 0 Å². The summed E-state index contributed by atoms with van der Waals surface area (Å²) in [5, 5.41) is 6.01. The van der Waals surface area contributed by atoms with Crippen molar-refractivity contribution in [2.45, 2.75) is 49.6 Å². The Kier molecular flexibility index (Phi) is 7.31. The number of amides is 2. The normalized spacial score (nSPS) is 22.0. The highest BCUT2D eigenvalue weighted by molar-refractivity contribution is 6.03. The summed E-state index contributed by atoms with van der Waals surface area (Å²) in [5.74, 6) is -1.23. The van der Waals surface area contributed by atoms with Crippen LogP contribution in [-0.4, -0.2) is 89.5 Å². The topological polar surface area (TPSA) is 112 Å². The van der Waals surface area contributed by atoms with Crippen molar-refractivity contribution in [3.8, 4) is 17.4 Å². The maximum absolute atomic E-state index is 14.0. The van der Waals surface area contributed by atoms with Crippen molar-refractivity contribution in [3.63, 3.8) is 0 Å². The minimum atomic E-state index is -4.82. The van der Waals surface area contributed by atoms with Crippen LogP contribution in [0, 0.1) is 0 Å². The number of carbonyl (C=O) groups excluding carboxylic acids is 2. The molecule has 3 aliphatic heterocycles. The van der Waals surface area contributed by atoms with Crippen molar-refractivity contribution in [3.05, 3.63) is 64.8 Å². The van der Waals surface area contributed by atoms with E-state index in [4.69, 9.17) is 9.47 Å². The minimum Gasteiger partial charge on any atom is -0.495 e. The molecule has 46 heavy (non-hydrogen) atoms. The Morgan fingerprint density at radius 1 is 1.09 bits per heavy atom. The number of halogens is 3. The number of alkyl halides is 3. The molecule has 1 spiro atoms. The minimum absolute atomic E-state index is 0.00790. The van der Waals surface area contributed by atoms with E-state index in [-0.39, 0.29) is 40.9 Å². The molecule has 4 aliphatic rings. The van der Waals surface area contributed by atoms with E-state index in [1.807, 2.05) is 0 Å². The molecule has 11 nitrogen and oxygen atoms in total. The van der Waals surface area contributed by atoms with Gasteiger partial charge < -0.3 is 25.0 Å². The summed E-state index contributed by atoms with van der Waals surface area (Å²) in [4.78, 5) is 40.5. The molecule has 2 saturated heterocycles. The number of anilines is 2. The van der Waals surface area contributed by atoms with Crippen molar-refractivity contribution in [2.75, 3.05) is 46.2 Å². The summed E-state index contributed by atoms with van der Waals surface area (Å²) in [7, 11) is 5.20. The molecule has 3 aromatic rings. The van der Waals surface area contributed by atoms with Gasteiger partial charge in [-0.3, -0.25) is 19.4 Å². The molecule has 1 aromatic heterocycles. The summed E-state index contributed by atoms with van der Waals surface area (Å²) in [6.45, 7) is 2.97. The van der Waals surface area contributed by atoms with E-state index in [1.54, 1.807) is 42.3 Å². The molecule has 1 aliphatic carbocycles. The second kappa shape index (κ2) is 11.1. The third kappa shape index (κ3) is 5.18. The van der Waals surface area contributed by atoms with Crippen molar-refractivity contribution < 1.29 is 32.2 Å². The quantitative estimate of drug-likeness (QED) is 0.385. The van der Waals surface area contributed by atoms with E-state index < -0.39 is 23.2 Å². The highest BCUT2D eigenvalue weighted by Crippen LogP contribution is 2.57. The molecule has 0 radical (unpaired) electrons. The largest absolute Gasteiger partial charge is 0.495 e. The fourth-order valence-corrected chi connectivity index (χ4v) is 6.90. The number of methoxy groups -OCH3 is 1. The molecule has 3 fully saturated rings. The van der Waals surface area contributed by atoms with E-state index in [0.29, 0.717) is 23.6 Å². The van der Waals surface area contributed by atoms with Gasteiger partial charge in [-0.25, -0.2) is 4.98 Å². The maximum Gasteiger partial charge on any atom is 0.423 e. The Morgan fingerprint density at radius 2 is 1.89 bits per heavy atom. The average molecular weight is 638 g/mol. The molecule has 1 saturated carbocycles. The van der Waals surface area contributed by atoms with Gasteiger partial charge in [0.2, 0.25) is 11.8 Å². The van der Waals surface area contributed by atoms with Crippen LogP contribution < -0.4 is 20.1 Å².